The number of benzene rings is 1. The van der Waals surface area contributed by atoms with Gasteiger partial charge in [0.2, 0.25) is 0 Å². The van der Waals surface area contributed by atoms with Crippen molar-refractivity contribution in [1.29, 1.82) is 0 Å². The van der Waals surface area contributed by atoms with Crippen molar-refractivity contribution < 1.29 is 14.3 Å². The zero-order valence-corrected chi connectivity index (χ0v) is 11.5. The van der Waals surface area contributed by atoms with E-state index in [1.165, 1.54) is 0 Å². The lowest BCUT2D eigenvalue weighted by molar-refractivity contribution is -0.114. The molecule has 0 spiro atoms. The number of ether oxygens (including phenoxy) is 2. The highest BCUT2D eigenvalue weighted by atomic mass is 16.5. The van der Waals surface area contributed by atoms with Crippen LogP contribution in [0.3, 0.4) is 0 Å². The molecule has 1 aliphatic carbocycles. The van der Waals surface area contributed by atoms with Crippen molar-refractivity contribution in [2.75, 3.05) is 14.2 Å². The maximum absolute atomic E-state index is 11.2. The third-order valence-corrected chi connectivity index (χ3v) is 3.29. The van der Waals surface area contributed by atoms with Crippen LogP contribution in [0.25, 0.3) is 0 Å². The smallest absolute Gasteiger partial charge is 0.161 e. The zero-order chi connectivity index (χ0) is 13.8. The summed E-state index contributed by atoms with van der Waals surface area (Å²) in [7, 11) is 3.24. The molecule has 0 bridgehead atoms. The molecule has 4 heteroatoms. The minimum absolute atomic E-state index is 0.122. The molecule has 0 fully saturated rings. The van der Waals surface area contributed by atoms with E-state index in [2.05, 4.69) is 12.2 Å². The van der Waals surface area contributed by atoms with Gasteiger partial charge in [0.1, 0.15) is 0 Å². The highest BCUT2D eigenvalue weighted by molar-refractivity contribution is 5.92. The van der Waals surface area contributed by atoms with E-state index in [1.807, 2.05) is 18.2 Å². The predicted molar refractivity (Wildman–Crippen MR) is 73.4 cm³/mol. The Morgan fingerprint density at radius 2 is 1.89 bits per heavy atom. The fourth-order valence-corrected chi connectivity index (χ4v) is 2.19. The summed E-state index contributed by atoms with van der Waals surface area (Å²) in [6.07, 6.45) is 3.11. The number of methoxy groups -OCH3 is 2. The first kappa shape index (κ1) is 13.5. The summed E-state index contributed by atoms with van der Waals surface area (Å²) in [5.41, 5.74) is 2.10. The molecule has 0 saturated heterocycles. The topological polar surface area (TPSA) is 47.6 Å². The Balaban J connectivity index is 2.12. The molecule has 0 radical (unpaired) electrons. The average Bonchev–Trinajstić information content (AvgIpc) is 2.83. The first-order valence-electron chi connectivity index (χ1n) is 6.36. The highest BCUT2D eigenvalue weighted by Crippen LogP contribution is 2.30. The lowest BCUT2D eigenvalue weighted by Crippen LogP contribution is -2.17. The molecule has 102 valence electrons. The van der Waals surface area contributed by atoms with Gasteiger partial charge in [-0.3, -0.25) is 4.79 Å². The summed E-state index contributed by atoms with van der Waals surface area (Å²) in [6, 6.07) is 5.96. The average molecular weight is 261 g/mol. The Labute approximate surface area is 113 Å². The summed E-state index contributed by atoms with van der Waals surface area (Å²) < 4.78 is 10.5. The summed E-state index contributed by atoms with van der Waals surface area (Å²) >= 11 is 0. The van der Waals surface area contributed by atoms with E-state index in [0.29, 0.717) is 17.9 Å². The maximum atomic E-state index is 11.2. The van der Waals surface area contributed by atoms with E-state index in [9.17, 15) is 4.79 Å². The van der Waals surface area contributed by atoms with E-state index in [0.717, 1.165) is 17.7 Å². The standard InChI is InChI=1S/C15H19NO3/c1-10(16-12-5-6-13(17)9-12)11-4-7-14(18-2)15(8-11)19-3/h4,7-10,16H,5-6H2,1-3H3. The van der Waals surface area contributed by atoms with E-state index in [1.54, 1.807) is 20.3 Å². The van der Waals surface area contributed by atoms with Crippen LogP contribution in [0.1, 0.15) is 31.4 Å². The molecule has 0 heterocycles. The van der Waals surface area contributed by atoms with Crippen molar-refractivity contribution in [3.8, 4) is 11.5 Å². The van der Waals surface area contributed by atoms with Gasteiger partial charge in [-0.1, -0.05) is 6.07 Å². The molecule has 19 heavy (non-hydrogen) atoms. The summed E-state index contributed by atoms with van der Waals surface area (Å²) in [5, 5.41) is 3.36. The number of rotatable bonds is 5. The molecule has 0 saturated carbocycles. The van der Waals surface area contributed by atoms with E-state index in [-0.39, 0.29) is 11.8 Å². The zero-order valence-electron chi connectivity index (χ0n) is 11.5. The Kier molecular flexibility index (Phi) is 4.10. The molecule has 1 aromatic rings. The van der Waals surface area contributed by atoms with E-state index >= 15 is 0 Å². The van der Waals surface area contributed by atoms with Gasteiger partial charge >= 0.3 is 0 Å². The number of hydrogen-bond donors (Lipinski definition) is 1. The van der Waals surface area contributed by atoms with Gasteiger partial charge < -0.3 is 14.8 Å². The third kappa shape index (κ3) is 3.08. The second-order valence-electron chi connectivity index (χ2n) is 4.62. The Hall–Kier alpha value is -1.97. The van der Waals surface area contributed by atoms with Crippen LogP contribution >= 0.6 is 0 Å². The molecule has 0 aromatic heterocycles. The van der Waals surface area contributed by atoms with E-state index in [4.69, 9.17) is 9.47 Å². The second-order valence-corrected chi connectivity index (χ2v) is 4.62. The molecule has 1 atom stereocenters. The first-order valence-corrected chi connectivity index (χ1v) is 6.36. The fourth-order valence-electron chi connectivity index (χ4n) is 2.19. The van der Waals surface area contributed by atoms with Crippen molar-refractivity contribution in [2.24, 2.45) is 0 Å². The number of nitrogens with one attached hydrogen (secondary N) is 1. The van der Waals surface area contributed by atoms with Crippen LogP contribution in [0.15, 0.2) is 30.0 Å². The van der Waals surface area contributed by atoms with Crippen molar-refractivity contribution in [2.45, 2.75) is 25.8 Å². The van der Waals surface area contributed by atoms with Crippen molar-refractivity contribution in [3.63, 3.8) is 0 Å². The van der Waals surface area contributed by atoms with Gasteiger partial charge in [0.15, 0.2) is 17.3 Å². The van der Waals surface area contributed by atoms with Crippen LogP contribution in [0.4, 0.5) is 0 Å². The summed E-state index contributed by atoms with van der Waals surface area (Å²) in [4.78, 5) is 11.2. The highest BCUT2D eigenvalue weighted by Gasteiger charge is 2.15. The van der Waals surface area contributed by atoms with Crippen molar-refractivity contribution in [1.82, 2.24) is 5.32 Å². The number of ketones is 1. The minimum Gasteiger partial charge on any atom is -0.493 e. The number of hydrogen-bond acceptors (Lipinski definition) is 4. The Morgan fingerprint density at radius 3 is 2.47 bits per heavy atom. The largest absolute Gasteiger partial charge is 0.493 e. The molecule has 2 rings (SSSR count). The molecule has 1 N–H and O–H groups in total. The Morgan fingerprint density at radius 1 is 1.16 bits per heavy atom. The van der Waals surface area contributed by atoms with Crippen molar-refractivity contribution >= 4 is 5.78 Å². The number of carbonyl (C=O) groups is 1. The molecule has 1 aliphatic rings. The number of allylic oxidation sites excluding steroid dienone is 2. The number of carbonyl (C=O) groups excluding carboxylic acids is 1. The fraction of sp³-hybridized carbons (Fsp3) is 0.400. The third-order valence-electron chi connectivity index (χ3n) is 3.29. The van der Waals surface area contributed by atoms with E-state index < -0.39 is 0 Å². The van der Waals surface area contributed by atoms with Gasteiger partial charge in [-0.15, -0.1) is 0 Å². The van der Waals surface area contributed by atoms with Crippen LogP contribution in [-0.2, 0) is 4.79 Å². The molecule has 1 unspecified atom stereocenters. The SMILES string of the molecule is COc1ccc(C(C)NC2=CC(=O)CC2)cc1OC. The van der Waals surface area contributed by atoms with Crippen LogP contribution in [0.2, 0.25) is 0 Å². The van der Waals surface area contributed by atoms with Crippen LogP contribution in [0, 0.1) is 0 Å². The molecule has 4 nitrogen and oxygen atoms in total. The molecule has 1 aromatic carbocycles. The van der Waals surface area contributed by atoms with Gasteiger partial charge in [0, 0.05) is 24.2 Å². The lowest BCUT2D eigenvalue weighted by Gasteiger charge is -2.18. The molecule has 0 aliphatic heterocycles. The minimum atomic E-state index is 0.122. The normalized spacial score (nSPS) is 15.9. The maximum Gasteiger partial charge on any atom is 0.161 e. The molecular weight excluding hydrogens is 242 g/mol. The first-order chi connectivity index (χ1) is 9.13. The van der Waals surface area contributed by atoms with Gasteiger partial charge in [-0.05, 0) is 31.0 Å². The monoisotopic (exact) mass is 261 g/mol. The Bertz CT molecular complexity index is 508. The van der Waals surface area contributed by atoms with Crippen LogP contribution < -0.4 is 14.8 Å². The van der Waals surface area contributed by atoms with Gasteiger partial charge in [-0.2, -0.15) is 0 Å². The van der Waals surface area contributed by atoms with Gasteiger partial charge in [0.05, 0.1) is 14.2 Å². The quantitative estimate of drug-likeness (QED) is 0.885. The van der Waals surface area contributed by atoms with Gasteiger partial charge in [0.25, 0.3) is 0 Å². The van der Waals surface area contributed by atoms with Crippen molar-refractivity contribution in [3.05, 3.63) is 35.5 Å². The van der Waals surface area contributed by atoms with Crippen LogP contribution in [0.5, 0.6) is 11.5 Å². The molecular formula is C15H19NO3. The van der Waals surface area contributed by atoms with Gasteiger partial charge in [-0.25, -0.2) is 0 Å². The van der Waals surface area contributed by atoms with Crippen LogP contribution in [-0.4, -0.2) is 20.0 Å². The summed E-state index contributed by atoms with van der Waals surface area (Å²) in [6.45, 7) is 2.06. The second kappa shape index (κ2) is 5.78. The lowest BCUT2D eigenvalue weighted by atomic mass is 10.1. The molecule has 0 amide bonds. The summed E-state index contributed by atoms with van der Waals surface area (Å²) in [5.74, 6) is 1.63. The predicted octanol–water partition coefficient (Wildman–Crippen LogP) is 2.60.